The van der Waals surface area contributed by atoms with E-state index < -0.39 is 36.3 Å². The summed E-state index contributed by atoms with van der Waals surface area (Å²) in [5, 5.41) is 2.33. The van der Waals surface area contributed by atoms with Crippen LogP contribution in [-0.4, -0.2) is 11.3 Å². The normalized spacial score (nSPS) is 15.0. The number of hydrogen-bond donors (Lipinski definition) is 0. The van der Waals surface area contributed by atoms with Gasteiger partial charge in [0.25, 0.3) is 6.71 Å². The van der Waals surface area contributed by atoms with Gasteiger partial charge in [-0.3, -0.25) is 0 Å². The minimum atomic E-state index is -1.66. The van der Waals surface area contributed by atoms with Gasteiger partial charge in [0, 0.05) is 50.2 Å². The quantitative estimate of drug-likeness (QED) is 0.147. The Morgan fingerprint density at radius 1 is 0.305 bits per heavy atom. The average molecular weight is 1360 g/mol. The molecule has 0 saturated heterocycles. The molecule has 0 saturated carbocycles. The maximum atomic E-state index is 10.2. The van der Waals surface area contributed by atoms with Crippen molar-refractivity contribution in [3.05, 3.63) is 348 Å². The lowest BCUT2D eigenvalue weighted by molar-refractivity contribution is 0.590. The van der Waals surface area contributed by atoms with Crippen molar-refractivity contribution in [1.29, 1.82) is 0 Å². The molecule has 4 heteroatoms. The van der Waals surface area contributed by atoms with Crippen LogP contribution in [0.1, 0.15) is 139 Å². The van der Waals surface area contributed by atoms with E-state index in [0.717, 1.165) is 134 Å². The van der Waals surface area contributed by atoms with Gasteiger partial charge in [-0.1, -0.05) is 338 Å². The van der Waals surface area contributed by atoms with Crippen molar-refractivity contribution in [3.8, 4) is 72.4 Å². The van der Waals surface area contributed by atoms with Gasteiger partial charge >= 0.3 is 0 Å². The minimum absolute atomic E-state index is 0.0815. The van der Waals surface area contributed by atoms with Gasteiger partial charge in [-0.2, -0.15) is 0 Å². The number of hydrogen-bond acceptors (Lipinski definition) is 2. The van der Waals surface area contributed by atoms with E-state index in [2.05, 4.69) is 328 Å². The fourth-order valence-corrected chi connectivity index (χ4v) is 17.8. The van der Waals surface area contributed by atoms with Crippen LogP contribution in [0.25, 0.3) is 94.3 Å². The second-order valence-corrected chi connectivity index (χ2v) is 33.4. The SMILES string of the molecule is [2H]c1c([2H])c([2H])c2c(c1[2H])-c1c([2H])c([2H])c([2H])c([2H])c1C21c2ccccc2-c2cccc(-c3ccc4c(c3)B3c5ccc(C(C)(C)C)cc5N(c5ccc(C(C)(C)C)cc5-c5ccccc5)c5cc(-n6c7cc(C(C)(C)C)ccc7c7ccc(C(C)(C)C)cc76)cc(c53)N4c3c(-c4ccccc4)cccc3-c3ccccc3)c21. The van der Waals surface area contributed by atoms with Crippen molar-refractivity contribution in [1.82, 2.24) is 4.57 Å². The molecule has 508 valence electrons. The molecular weight excluding hydrogens is 1270 g/mol. The molecule has 0 atom stereocenters. The number of nitrogens with zero attached hydrogens (tertiary/aromatic N) is 3. The maximum Gasteiger partial charge on any atom is 0.252 e. The van der Waals surface area contributed by atoms with E-state index in [1.165, 1.54) is 22.3 Å². The molecule has 0 radical (unpaired) electrons. The third kappa shape index (κ3) is 9.78. The van der Waals surface area contributed by atoms with Crippen molar-refractivity contribution in [3.63, 3.8) is 0 Å². The van der Waals surface area contributed by atoms with E-state index in [9.17, 15) is 11.0 Å². The van der Waals surface area contributed by atoms with Gasteiger partial charge in [-0.25, -0.2) is 0 Å². The van der Waals surface area contributed by atoms with E-state index in [1.807, 2.05) is 24.3 Å². The van der Waals surface area contributed by atoms with Crippen molar-refractivity contribution in [2.45, 2.75) is 110 Å². The lowest BCUT2D eigenvalue weighted by Crippen LogP contribution is -2.61. The van der Waals surface area contributed by atoms with Gasteiger partial charge in [0.15, 0.2) is 0 Å². The molecule has 15 aromatic rings. The third-order valence-electron chi connectivity index (χ3n) is 23.0. The Labute approximate surface area is 631 Å². The molecular formula is C101H86BN3. The van der Waals surface area contributed by atoms with E-state index in [1.54, 1.807) is 0 Å². The Balaban J connectivity index is 1.01. The topological polar surface area (TPSA) is 11.4 Å². The highest BCUT2D eigenvalue weighted by Crippen LogP contribution is 2.65. The van der Waals surface area contributed by atoms with Crippen molar-refractivity contribution in [2.75, 3.05) is 9.80 Å². The summed E-state index contributed by atoms with van der Waals surface area (Å²) in [4.78, 5) is 5.18. The van der Waals surface area contributed by atoms with Crippen molar-refractivity contribution < 1.29 is 11.0 Å². The molecule has 0 unspecified atom stereocenters. The highest BCUT2D eigenvalue weighted by Gasteiger charge is 2.53. The van der Waals surface area contributed by atoms with E-state index >= 15 is 0 Å². The summed E-state index contributed by atoms with van der Waals surface area (Å²) in [6.45, 7) is 27.1. The average Bonchev–Trinajstić information content (AvgIpc) is 1.50. The first-order chi connectivity index (χ1) is 54.0. The smallest absolute Gasteiger partial charge is 0.252 e. The lowest BCUT2D eigenvalue weighted by Gasteiger charge is -2.46. The molecule has 14 aromatic carbocycles. The molecule has 2 aliphatic carbocycles. The Bertz CT molecular complexity index is 6390. The summed E-state index contributed by atoms with van der Waals surface area (Å²) >= 11 is 0. The monoisotopic (exact) mass is 1360 g/mol. The molecule has 4 aliphatic rings. The summed E-state index contributed by atoms with van der Waals surface area (Å²) in [6, 6.07) is 90.6. The molecule has 3 heterocycles. The standard InChI is InChI=1S/C101H86BN3/c1-97(2,3)67-50-55-87(81(57-67)65-34-20-15-21-35-65)104-91-60-70(100(10,11)12)49-53-85(91)102-86-56-66(72-39-28-42-80-77-38-24-27-45-84(77)101(94(72)80)82-43-25-22-36-75(82)76-37-23-26-44-83(76)101)46-54-88(86)105(96-73(63-30-16-13-17-31-63)40-29-41-74(96)64-32-18-14-19-33-64)93-62-71(61-92(104)95(93)102)103-89-58-68(98(4,5)6)47-51-78(89)79-52-48-69(59-90(79)103)99(7,8)9/h13-62H,1-12H3/i22D,23D,25D,26D,36D,37D,43D,44D. The van der Waals surface area contributed by atoms with Crippen LogP contribution in [0.2, 0.25) is 0 Å². The second-order valence-electron chi connectivity index (χ2n) is 33.4. The molecule has 1 aromatic heterocycles. The summed E-state index contributed by atoms with van der Waals surface area (Å²) in [5.74, 6) is 0. The molecule has 0 N–H and O–H groups in total. The second kappa shape index (κ2) is 23.3. The van der Waals surface area contributed by atoms with Gasteiger partial charge in [0.05, 0.1) is 44.5 Å². The summed E-state index contributed by atoms with van der Waals surface area (Å²) in [7, 11) is 0. The fourth-order valence-electron chi connectivity index (χ4n) is 17.8. The van der Waals surface area contributed by atoms with Gasteiger partial charge in [-0.15, -0.1) is 0 Å². The van der Waals surface area contributed by atoms with Crippen LogP contribution in [-0.2, 0) is 27.1 Å². The van der Waals surface area contributed by atoms with Gasteiger partial charge in [0.1, 0.15) is 0 Å². The first-order valence-corrected chi connectivity index (χ1v) is 37.0. The van der Waals surface area contributed by atoms with Crippen LogP contribution in [0.4, 0.5) is 34.1 Å². The van der Waals surface area contributed by atoms with Crippen molar-refractivity contribution in [2.24, 2.45) is 0 Å². The number of anilines is 6. The number of para-hydroxylation sites is 1. The first kappa shape index (κ1) is 56.1. The van der Waals surface area contributed by atoms with Crippen molar-refractivity contribution >= 4 is 79.0 Å². The zero-order valence-corrected chi connectivity index (χ0v) is 61.7. The van der Waals surface area contributed by atoms with Crippen LogP contribution in [0.3, 0.4) is 0 Å². The number of aromatic nitrogens is 1. The van der Waals surface area contributed by atoms with Crippen LogP contribution in [0.15, 0.2) is 303 Å². The number of rotatable bonds is 7. The summed E-state index contributed by atoms with van der Waals surface area (Å²) in [6.07, 6.45) is 0. The van der Waals surface area contributed by atoms with Crippen LogP contribution < -0.4 is 26.2 Å². The zero-order chi connectivity index (χ0) is 78.8. The molecule has 0 bridgehead atoms. The molecule has 19 rings (SSSR count). The number of benzene rings is 14. The van der Waals surface area contributed by atoms with Crippen LogP contribution in [0.5, 0.6) is 0 Å². The molecule has 105 heavy (non-hydrogen) atoms. The van der Waals surface area contributed by atoms with Gasteiger partial charge < -0.3 is 14.4 Å². The minimum Gasteiger partial charge on any atom is -0.311 e. The third-order valence-corrected chi connectivity index (χ3v) is 23.0. The Morgan fingerprint density at radius 2 is 0.762 bits per heavy atom. The fraction of sp³-hybridized carbons (Fsp3) is 0.168. The first-order valence-electron chi connectivity index (χ1n) is 41.0. The highest BCUT2D eigenvalue weighted by atomic mass is 15.2. The predicted molar refractivity (Wildman–Crippen MR) is 448 cm³/mol. The molecule has 3 nitrogen and oxygen atoms in total. The Hall–Kier alpha value is -11.5. The number of fused-ring (bicyclic) bond motifs is 17. The molecule has 0 fully saturated rings. The highest BCUT2D eigenvalue weighted by molar-refractivity contribution is 7.00. The summed E-state index contributed by atoms with van der Waals surface area (Å²) in [5.41, 5.74) is 26.2. The van der Waals surface area contributed by atoms with E-state index in [0.29, 0.717) is 11.1 Å². The zero-order valence-electron chi connectivity index (χ0n) is 69.7. The Kier molecular flexibility index (Phi) is 12.4. The van der Waals surface area contributed by atoms with Gasteiger partial charge in [0.2, 0.25) is 0 Å². The summed E-state index contributed by atoms with van der Waals surface area (Å²) < 4.78 is 80.2. The van der Waals surface area contributed by atoms with E-state index in [4.69, 9.17) is 0 Å². The molecule has 0 amide bonds. The largest absolute Gasteiger partial charge is 0.311 e. The molecule has 1 spiro atoms. The van der Waals surface area contributed by atoms with E-state index in [-0.39, 0.29) is 68.1 Å². The van der Waals surface area contributed by atoms with Crippen LogP contribution >= 0.6 is 0 Å². The maximum absolute atomic E-state index is 10.2. The van der Waals surface area contributed by atoms with Gasteiger partial charge in [-0.05, 0) is 181 Å². The van der Waals surface area contributed by atoms with Crippen LogP contribution in [0, 0.1) is 0 Å². The molecule has 2 aliphatic heterocycles. The lowest BCUT2D eigenvalue weighted by atomic mass is 9.33. The predicted octanol–water partition coefficient (Wildman–Crippen LogP) is 25.1. The Morgan fingerprint density at radius 3 is 1.33 bits per heavy atom.